The lowest BCUT2D eigenvalue weighted by Gasteiger charge is -2.23. The molecule has 0 aromatic carbocycles. The Hall–Kier alpha value is -1.55. The maximum atomic E-state index is 5.84. The number of likely N-dealkylation sites (tertiary alicyclic amines) is 1. The molecule has 0 N–H and O–H groups in total. The molecule has 3 heterocycles. The number of furan rings is 1. The summed E-state index contributed by atoms with van der Waals surface area (Å²) < 4.78 is 11.2. The fourth-order valence-electron chi connectivity index (χ4n) is 3.21. The average molecular weight is 274 g/mol. The van der Waals surface area contributed by atoms with Crippen molar-refractivity contribution in [3.63, 3.8) is 0 Å². The molecular formula is C16H22N2O2. The van der Waals surface area contributed by atoms with E-state index in [0.717, 1.165) is 42.5 Å². The van der Waals surface area contributed by atoms with Crippen LogP contribution in [0.1, 0.15) is 54.3 Å². The van der Waals surface area contributed by atoms with Crippen molar-refractivity contribution >= 4 is 0 Å². The van der Waals surface area contributed by atoms with Crippen LogP contribution in [0.3, 0.4) is 0 Å². The van der Waals surface area contributed by atoms with E-state index in [-0.39, 0.29) is 0 Å². The molecule has 1 saturated heterocycles. The van der Waals surface area contributed by atoms with Crippen molar-refractivity contribution in [3.05, 3.63) is 40.7 Å². The molecule has 1 atom stereocenters. The summed E-state index contributed by atoms with van der Waals surface area (Å²) in [6.07, 6.45) is 3.34. The van der Waals surface area contributed by atoms with Gasteiger partial charge in [0.25, 0.3) is 0 Å². The molecule has 2 aromatic rings. The van der Waals surface area contributed by atoms with Gasteiger partial charge < -0.3 is 8.94 Å². The molecule has 0 aliphatic carbocycles. The number of nitrogens with zero attached hydrogens (tertiary/aromatic N) is 2. The molecule has 0 bridgehead atoms. The minimum atomic E-state index is 0.413. The van der Waals surface area contributed by atoms with Gasteiger partial charge in [0.15, 0.2) is 0 Å². The van der Waals surface area contributed by atoms with Gasteiger partial charge in [0, 0.05) is 18.0 Å². The highest BCUT2D eigenvalue weighted by Gasteiger charge is 2.31. The molecule has 0 unspecified atom stereocenters. The fourth-order valence-corrected chi connectivity index (χ4v) is 3.21. The Labute approximate surface area is 119 Å². The van der Waals surface area contributed by atoms with Gasteiger partial charge in [-0.25, -0.2) is 0 Å². The maximum absolute atomic E-state index is 5.84. The van der Waals surface area contributed by atoms with E-state index >= 15 is 0 Å². The number of rotatable bonds is 4. The highest BCUT2D eigenvalue weighted by molar-refractivity contribution is 5.26. The average Bonchev–Trinajstić information content (AvgIpc) is 3.13. The first kappa shape index (κ1) is 13.4. The first-order chi connectivity index (χ1) is 9.69. The van der Waals surface area contributed by atoms with Crippen LogP contribution >= 0.6 is 0 Å². The van der Waals surface area contributed by atoms with Crippen LogP contribution in [0.15, 0.2) is 21.1 Å². The van der Waals surface area contributed by atoms with Gasteiger partial charge in [-0.3, -0.25) is 4.90 Å². The summed E-state index contributed by atoms with van der Waals surface area (Å²) in [5.74, 6) is 3.07. The second-order valence-corrected chi connectivity index (χ2v) is 5.59. The van der Waals surface area contributed by atoms with Crippen LogP contribution in [0.4, 0.5) is 0 Å². The number of aryl methyl sites for hydroxylation is 3. The molecule has 3 rings (SSSR count). The summed E-state index contributed by atoms with van der Waals surface area (Å²) in [5, 5.41) is 4.09. The summed E-state index contributed by atoms with van der Waals surface area (Å²) in [7, 11) is 0. The highest BCUT2D eigenvalue weighted by Crippen LogP contribution is 2.36. The van der Waals surface area contributed by atoms with Crippen LogP contribution in [0.5, 0.6) is 0 Å². The van der Waals surface area contributed by atoms with E-state index in [9.17, 15) is 0 Å². The molecule has 20 heavy (non-hydrogen) atoms. The zero-order chi connectivity index (χ0) is 14.1. The van der Waals surface area contributed by atoms with Crippen LogP contribution in [0.2, 0.25) is 0 Å². The van der Waals surface area contributed by atoms with Gasteiger partial charge in [-0.1, -0.05) is 12.1 Å². The van der Waals surface area contributed by atoms with Gasteiger partial charge in [0.05, 0.1) is 12.2 Å². The maximum Gasteiger partial charge on any atom is 0.138 e. The Balaban J connectivity index is 1.79. The first-order valence-electron chi connectivity index (χ1n) is 7.43. The van der Waals surface area contributed by atoms with E-state index in [0.29, 0.717) is 6.04 Å². The van der Waals surface area contributed by atoms with Crippen molar-refractivity contribution in [3.8, 4) is 0 Å². The zero-order valence-corrected chi connectivity index (χ0v) is 12.5. The molecule has 1 aliphatic heterocycles. The normalized spacial score (nSPS) is 19.9. The SMILES string of the molecule is CCc1ccc(CN2CCC[C@@H]2c2c(C)noc2C)o1. The van der Waals surface area contributed by atoms with Crippen molar-refractivity contribution < 1.29 is 8.94 Å². The van der Waals surface area contributed by atoms with Crippen LogP contribution in [0.25, 0.3) is 0 Å². The lowest BCUT2D eigenvalue weighted by Crippen LogP contribution is -2.23. The Morgan fingerprint density at radius 2 is 2.10 bits per heavy atom. The van der Waals surface area contributed by atoms with Gasteiger partial charge in [-0.2, -0.15) is 0 Å². The molecule has 108 valence electrons. The predicted octanol–water partition coefficient (Wildman–Crippen LogP) is 3.78. The molecule has 0 saturated carbocycles. The van der Waals surface area contributed by atoms with Gasteiger partial charge in [-0.05, 0) is 45.4 Å². The Bertz CT molecular complexity index is 566. The smallest absolute Gasteiger partial charge is 0.138 e. The summed E-state index contributed by atoms with van der Waals surface area (Å²) >= 11 is 0. The minimum absolute atomic E-state index is 0.413. The quantitative estimate of drug-likeness (QED) is 0.850. The van der Waals surface area contributed by atoms with Crippen LogP contribution in [0, 0.1) is 13.8 Å². The Kier molecular flexibility index (Phi) is 3.66. The van der Waals surface area contributed by atoms with Gasteiger partial charge >= 0.3 is 0 Å². The molecule has 4 nitrogen and oxygen atoms in total. The second kappa shape index (κ2) is 5.44. The predicted molar refractivity (Wildman–Crippen MR) is 76.4 cm³/mol. The molecule has 1 aliphatic rings. The van der Waals surface area contributed by atoms with Crippen LogP contribution in [-0.2, 0) is 13.0 Å². The number of aromatic nitrogens is 1. The third kappa shape index (κ3) is 2.40. The van der Waals surface area contributed by atoms with Crippen molar-refractivity contribution in [2.24, 2.45) is 0 Å². The summed E-state index contributed by atoms with van der Waals surface area (Å²) in [6.45, 7) is 8.13. The van der Waals surface area contributed by atoms with Gasteiger partial charge in [-0.15, -0.1) is 0 Å². The third-order valence-electron chi connectivity index (χ3n) is 4.21. The molecule has 4 heteroatoms. The van der Waals surface area contributed by atoms with Crippen molar-refractivity contribution in [1.82, 2.24) is 10.1 Å². The monoisotopic (exact) mass is 274 g/mol. The zero-order valence-electron chi connectivity index (χ0n) is 12.5. The lowest BCUT2D eigenvalue weighted by atomic mass is 10.0. The molecule has 1 fully saturated rings. The van der Waals surface area contributed by atoms with E-state index in [4.69, 9.17) is 8.94 Å². The van der Waals surface area contributed by atoms with Gasteiger partial charge in [0.2, 0.25) is 0 Å². The fraction of sp³-hybridized carbons (Fsp3) is 0.562. The van der Waals surface area contributed by atoms with E-state index < -0.39 is 0 Å². The Morgan fingerprint density at radius 3 is 2.75 bits per heavy atom. The third-order valence-corrected chi connectivity index (χ3v) is 4.21. The highest BCUT2D eigenvalue weighted by atomic mass is 16.5. The number of hydrogen-bond acceptors (Lipinski definition) is 4. The topological polar surface area (TPSA) is 42.4 Å². The van der Waals surface area contributed by atoms with E-state index in [1.807, 2.05) is 13.8 Å². The minimum Gasteiger partial charge on any atom is -0.465 e. The summed E-state index contributed by atoms with van der Waals surface area (Å²) in [4.78, 5) is 2.48. The van der Waals surface area contributed by atoms with E-state index in [1.54, 1.807) is 0 Å². The van der Waals surface area contributed by atoms with Crippen molar-refractivity contribution in [2.45, 2.75) is 52.6 Å². The molecule has 2 aromatic heterocycles. The largest absolute Gasteiger partial charge is 0.465 e. The molecule has 0 spiro atoms. The van der Waals surface area contributed by atoms with Gasteiger partial charge in [0.1, 0.15) is 17.3 Å². The van der Waals surface area contributed by atoms with Crippen molar-refractivity contribution in [2.75, 3.05) is 6.54 Å². The molecule has 0 radical (unpaired) electrons. The van der Waals surface area contributed by atoms with E-state index in [2.05, 4.69) is 29.1 Å². The van der Waals surface area contributed by atoms with Crippen molar-refractivity contribution in [1.29, 1.82) is 0 Å². The molecule has 0 amide bonds. The van der Waals surface area contributed by atoms with Crippen LogP contribution in [-0.4, -0.2) is 16.6 Å². The lowest BCUT2D eigenvalue weighted by molar-refractivity contribution is 0.224. The summed E-state index contributed by atoms with van der Waals surface area (Å²) in [6, 6.07) is 4.59. The Morgan fingerprint density at radius 1 is 1.30 bits per heavy atom. The summed E-state index contributed by atoms with van der Waals surface area (Å²) in [5.41, 5.74) is 2.29. The van der Waals surface area contributed by atoms with E-state index in [1.165, 1.54) is 18.4 Å². The number of hydrogen-bond donors (Lipinski definition) is 0. The second-order valence-electron chi connectivity index (χ2n) is 5.59. The molecular weight excluding hydrogens is 252 g/mol. The standard InChI is InChI=1S/C16H22N2O2/c1-4-13-7-8-14(19-13)10-18-9-5-6-15(18)16-11(2)17-20-12(16)3/h7-8,15H,4-6,9-10H2,1-3H3/t15-/m1/s1. The van der Waals surface area contributed by atoms with Crippen LogP contribution < -0.4 is 0 Å². The first-order valence-corrected chi connectivity index (χ1v) is 7.43.